The minimum absolute atomic E-state index is 0.0465. The Morgan fingerprint density at radius 2 is 1.85 bits per heavy atom. The molecule has 134 valence electrons. The average Bonchev–Trinajstić information content (AvgIpc) is 3.11. The van der Waals surface area contributed by atoms with E-state index >= 15 is 0 Å². The van der Waals surface area contributed by atoms with Crippen LogP contribution in [-0.2, 0) is 11.2 Å². The van der Waals surface area contributed by atoms with Gasteiger partial charge in [-0.15, -0.1) is 0 Å². The zero-order valence-corrected chi connectivity index (χ0v) is 14.1. The summed E-state index contributed by atoms with van der Waals surface area (Å²) in [5, 5.41) is 2.42. The van der Waals surface area contributed by atoms with Crippen molar-refractivity contribution in [2.75, 3.05) is 12.4 Å². The lowest BCUT2D eigenvalue weighted by molar-refractivity contribution is -0.116. The second-order valence-electron chi connectivity index (χ2n) is 5.67. The van der Waals surface area contributed by atoms with Gasteiger partial charge in [0.25, 0.3) is 0 Å². The van der Waals surface area contributed by atoms with Crippen molar-refractivity contribution in [3.05, 3.63) is 72.0 Å². The SMILES string of the molecule is COc1ccc(-c2ccc(CCC(=O)Nc3ccc(F)cc3F)o2)cc1. The number of rotatable bonds is 6. The summed E-state index contributed by atoms with van der Waals surface area (Å²) in [4.78, 5) is 11.9. The van der Waals surface area contributed by atoms with Gasteiger partial charge in [0, 0.05) is 24.5 Å². The maximum Gasteiger partial charge on any atom is 0.224 e. The zero-order valence-electron chi connectivity index (χ0n) is 14.1. The van der Waals surface area contributed by atoms with E-state index in [9.17, 15) is 13.6 Å². The largest absolute Gasteiger partial charge is 0.497 e. The minimum Gasteiger partial charge on any atom is -0.497 e. The van der Waals surface area contributed by atoms with E-state index in [0.29, 0.717) is 17.9 Å². The molecular weight excluding hydrogens is 340 g/mol. The van der Waals surface area contributed by atoms with Crippen molar-refractivity contribution >= 4 is 11.6 Å². The molecule has 1 aromatic heterocycles. The first-order valence-corrected chi connectivity index (χ1v) is 8.03. The molecule has 3 rings (SSSR count). The van der Waals surface area contributed by atoms with Gasteiger partial charge in [-0.05, 0) is 48.5 Å². The zero-order chi connectivity index (χ0) is 18.5. The fourth-order valence-electron chi connectivity index (χ4n) is 2.46. The number of amides is 1. The molecule has 4 nitrogen and oxygen atoms in total. The number of furan rings is 1. The summed E-state index contributed by atoms with van der Waals surface area (Å²) in [5.74, 6) is 0.210. The van der Waals surface area contributed by atoms with Crippen LogP contribution in [0.25, 0.3) is 11.3 Å². The number of carbonyl (C=O) groups is 1. The topological polar surface area (TPSA) is 51.5 Å². The molecule has 0 spiro atoms. The second-order valence-corrected chi connectivity index (χ2v) is 5.67. The lowest BCUT2D eigenvalue weighted by atomic mass is 10.2. The van der Waals surface area contributed by atoms with Crippen LogP contribution >= 0.6 is 0 Å². The highest BCUT2D eigenvalue weighted by molar-refractivity contribution is 5.90. The Labute approximate surface area is 149 Å². The quantitative estimate of drug-likeness (QED) is 0.689. The number of halogens is 2. The van der Waals surface area contributed by atoms with E-state index < -0.39 is 11.6 Å². The first kappa shape index (κ1) is 17.7. The number of carbonyl (C=O) groups excluding carboxylic acids is 1. The number of benzene rings is 2. The maximum atomic E-state index is 13.5. The first-order chi connectivity index (χ1) is 12.5. The summed E-state index contributed by atoms with van der Waals surface area (Å²) < 4.78 is 37.3. The number of hydrogen-bond acceptors (Lipinski definition) is 3. The molecule has 0 saturated carbocycles. The van der Waals surface area contributed by atoms with Crippen LogP contribution in [-0.4, -0.2) is 13.0 Å². The van der Waals surface area contributed by atoms with E-state index in [0.717, 1.165) is 23.4 Å². The van der Waals surface area contributed by atoms with Crippen LogP contribution in [0.2, 0.25) is 0 Å². The highest BCUT2D eigenvalue weighted by Gasteiger charge is 2.10. The molecule has 0 radical (unpaired) electrons. The molecular formula is C20H17F2NO3. The van der Waals surface area contributed by atoms with Crippen molar-refractivity contribution < 1.29 is 22.7 Å². The van der Waals surface area contributed by atoms with Crippen molar-refractivity contribution in [3.8, 4) is 17.1 Å². The standard InChI is InChI=1S/C20H17F2NO3/c1-25-15-5-2-13(3-6-15)19-10-7-16(26-19)8-11-20(24)23-18-9-4-14(21)12-17(18)22/h2-7,9-10,12H,8,11H2,1H3,(H,23,24). The number of methoxy groups -OCH3 is 1. The summed E-state index contributed by atoms with van der Waals surface area (Å²) in [5.41, 5.74) is 0.852. The number of ether oxygens (including phenoxy) is 1. The van der Waals surface area contributed by atoms with E-state index in [1.807, 2.05) is 30.3 Å². The number of anilines is 1. The van der Waals surface area contributed by atoms with E-state index in [-0.39, 0.29) is 18.0 Å². The second kappa shape index (κ2) is 7.82. The summed E-state index contributed by atoms with van der Waals surface area (Å²) >= 11 is 0. The van der Waals surface area contributed by atoms with E-state index in [4.69, 9.17) is 9.15 Å². The van der Waals surface area contributed by atoms with Gasteiger partial charge in [0.05, 0.1) is 12.8 Å². The van der Waals surface area contributed by atoms with Gasteiger partial charge < -0.3 is 14.5 Å². The first-order valence-electron chi connectivity index (χ1n) is 8.03. The predicted molar refractivity (Wildman–Crippen MR) is 94.0 cm³/mol. The molecule has 0 aliphatic rings. The molecule has 0 saturated heterocycles. The van der Waals surface area contributed by atoms with Gasteiger partial charge in [0.15, 0.2) is 0 Å². The summed E-state index contributed by atoms with van der Waals surface area (Å²) in [7, 11) is 1.60. The van der Waals surface area contributed by atoms with Gasteiger partial charge in [-0.1, -0.05) is 0 Å². The number of nitrogens with one attached hydrogen (secondary N) is 1. The molecule has 1 heterocycles. The number of aryl methyl sites for hydroxylation is 1. The van der Waals surface area contributed by atoms with Gasteiger partial charge in [-0.25, -0.2) is 8.78 Å². The highest BCUT2D eigenvalue weighted by atomic mass is 19.1. The Morgan fingerprint density at radius 1 is 1.08 bits per heavy atom. The molecule has 6 heteroatoms. The third-order valence-electron chi connectivity index (χ3n) is 3.84. The number of hydrogen-bond donors (Lipinski definition) is 1. The monoisotopic (exact) mass is 357 g/mol. The Bertz CT molecular complexity index is 904. The van der Waals surface area contributed by atoms with E-state index in [1.54, 1.807) is 13.2 Å². The molecule has 0 atom stereocenters. The Kier molecular flexibility index (Phi) is 5.31. The van der Waals surface area contributed by atoms with Gasteiger partial charge in [0.2, 0.25) is 5.91 Å². The fraction of sp³-hybridized carbons (Fsp3) is 0.150. The van der Waals surface area contributed by atoms with Gasteiger partial charge in [-0.3, -0.25) is 4.79 Å². The van der Waals surface area contributed by atoms with Crippen LogP contribution in [0, 0.1) is 11.6 Å². The van der Waals surface area contributed by atoms with Crippen molar-refractivity contribution in [3.63, 3.8) is 0 Å². The van der Waals surface area contributed by atoms with Crippen molar-refractivity contribution in [2.45, 2.75) is 12.8 Å². The third-order valence-corrected chi connectivity index (χ3v) is 3.84. The molecule has 0 unspecified atom stereocenters. The van der Waals surface area contributed by atoms with Crippen molar-refractivity contribution in [1.82, 2.24) is 0 Å². The lowest BCUT2D eigenvalue weighted by Crippen LogP contribution is -2.13. The van der Waals surface area contributed by atoms with Crippen molar-refractivity contribution in [2.24, 2.45) is 0 Å². The minimum atomic E-state index is -0.807. The van der Waals surface area contributed by atoms with Crippen LogP contribution in [0.3, 0.4) is 0 Å². The van der Waals surface area contributed by atoms with E-state index in [2.05, 4.69) is 5.32 Å². The molecule has 26 heavy (non-hydrogen) atoms. The lowest BCUT2D eigenvalue weighted by Gasteiger charge is -2.05. The maximum absolute atomic E-state index is 13.5. The Morgan fingerprint density at radius 3 is 2.54 bits per heavy atom. The fourth-order valence-corrected chi connectivity index (χ4v) is 2.46. The van der Waals surface area contributed by atoms with Crippen LogP contribution in [0.15, 0.2) is 59.0 Å². The van der Waals surface area contributed by atoms with E-state index in [1.165, 1.54) is 6.07 Å². The van der Waals surface area contributed by atoms with Crippen LogP contribution in [0.4, 0.5) is 14.5 Å². The Balaban J connectivity index is 1.58. The predicted octanol–water partition coefficient (Wildman–Crippen LogP) is 4.80. The normalized spacial score (nSPS) is 10.6. The highest BCUT2D eigenvalue weighted by Crippen LogP contribution is 2.25. The molecule has 0 fully saturated rings. The molecule has 0 bridgehead atoms. The smallest absolute Gasteiger partial charge is 0.224 e. The molecule has 1 amide bonds. The van der Waals surface area contributed by atoms with Crippen molar-refractivity contribution in [1.29, 1.82) is 0 Å². The molecule has 0 aliphatic heterocycles. The van der Waals surface area contributed by atoms with Crippen LogP contribution in [0.5, 0.6) is 5.75 Å². The Hall–Kier alpha value is -3.15. The van der Waals surface area contributed by atoms with Crippen LogP contribution in [0.1, 0.15) is 12.2 Å². The molecule has 3 aromatic rings. The molecule has 0 aliphatic carbocycles. The van der Waals surface area contributed by atoms with Gasteiger partial charge in [-0.2, -0.15) is 0 Å². The average molecular weight is 357 g/mol. The third kappa shape index (κ3) is 4.27. The van der Waals surface area contributed by atoms with Crippen LogP contribution < -0.4 is 10.1 Å². The molecule has 1 N–H and O–H groups in total. The summed E-state index contributed by atoms with van der Waals surface area (Å²) in [6, 6.07) is 14.1. The molecule has 2 aromatic carbocycles. The van der Waals surface area contributed by atoms with Gasteiger partial charge >= 0.3 is 0 Å². The summed E-state index contributed by atoms with van der Waals surface area (Å²) in [6.07, 6.45) is 0.483. The van der Waals surface area contributed by atoms with Gasteiger partial charge in [0.1, 0.15) is 28.9 Å². The summed E-state index contributed by atoms with van der Waals surface area (Å²) in [6.45, 7) is 0.